The number of allylic oxidation sites excluding steroid dienone is 4. The van der Waals surface area contributed by atoms with Gasteiger partial charge < -0.3 is 25.1 Å². The fourth-order valence-electron chi connectivity index (χ4n) is 8.21. The Morgan fingerprint density at radius 3 is 2.56 bits per heavy atom. The fourth-order valence-corrected chi connectivity index (χ4v) is 8.21. The monoisotopic (exact) mass is 564 g/mol. The van der Waals surface area contributed by atoms with Gasteiger partial charge in [0.1, 0.15) is 17.5 Å². The summed E-state index contributed by atoms with van der Waals surface area (Å²) >= 11 is 0. The van der Waals surface area contributed by atoms with Crippen molar-refractivity contribution >= 4 is 17.6 Å². The molecule has 0 unspecified atom stereocenters. The van der Waals surface area contributed by atoms with E-state index in [1.54, 1.807) is 19.1 Å². The summed E-state index contributed by atoms with van der Waals surface area (Å²) in [7, 11) is 0. The van der Waals surface area contributed by atoms with Crippen molar-refractivity contribution in [2.75, 3.05) is 13.2 Å². The number of benzene rings is 1. The predicted molar refractivity (Wildman–Crippen MR) is 156 cm³/mol. The lowest BCUT2D eigenvalue weighted by atomic mass is 9.47. The minimum Gasteiger partial charge on any atom is -0.508 e. The molecule has 41 heavy (non-hydrogen) atoms. The number of carbonyl (C=O) groups is 2. The molecule has 0 radical (unpaired) electrons. The van der Waals surface area contributed by atoms with E-state index in [1.807, 2.05) is 13.0 Å². The Labute approximate surface area is 242 Å². The standard InChI is InChI=1S/C33H44N2O6/c1-5-40-30(38)28(18-21-6-9-24(36)10-7-21)34-29(37)20-41-35-23-12-15-31(2)22(19-23)8-11-25-26(31)13-16-32(3)27(25)14-17-33(32,4)39/h6-7,9-10,12,15,19,25-28,36,39H,5,8,11,13-14,16-18,20H2,1-4H3,(H,34,37)/b35-23-/t25-,26+,27+,28-,31+,32+,33+/m1/s1. The molecule has 3 fully saturated rings. The number of hydrogen-bond acceptors (Lipinski definition) is 7. The number of phenolic OH excluding ortho intramolecular Hbond substituents is 1. The second kappa shape index (κ2) is 11.3. The third-order valence-corrected chi connectivity index (χ3v) is 10.8. The fraction of sp³-hybridized carbons (Fsp3) is 0.606. The van der Waals surface area contributed by atoms with Crippen LogP contribution in [0.5, 0.6) is 5.75 Å². The first kappa shape index (κ1) is 29.4. The van der Waals surface area contributed by atoms with Crippen molar-refractivity contribution < 1.29 is 29.4 Å². The van der Waals surface area contributed by atoms with Gasteiger partial charge in [0, 0.05) is 11.8 Å². The number of nitrogens with one attached hydrogen (secondary N) is 1. The van der Waals surface area contributed by atoms with Gasteiger partial charge in [0.15, 0.2) is 6.61 Å². The molecule has 4 aliphatic carbocycles. The molecule has 4 aliphatic rings. The number of hydrogen-bond donors (Lipinski definition) is 3. The minimum atomic E-state index is -0.878. The van der Waals surface area contributed by atoms with E-state index in [9.17, 15) is 19.8 Å². The number of esters is 1. The van der Waals surface area contributed by atoms with E-state index in [0.717, 1.165) is 44.1 Å². The van der Waals surface area contributed by atoms with Crippen molar-refractivity contribution in [3.63, 3.8) is 0 Å². The molecule has 0 aromatic heterocycles. The van der Waals surface area contributed by atoms with E-state index >= 15 is 0 Å². The second-order valence-corrected chi connectivity index (χ2v) is 13.0. The molecule has 8 nitrogen and oxygen atoms in total. The van der Waals surface area contributed by atoms with Crippen molar-refractivity contribution in [3.8, 4) is 5.75 Å². The van der Waals surface area contributed by atoms with Crippen molar-refractivity contribution in [2.45, 2.75) is 84.3 Å². The third-order valence-electron chi connectivity index (χ3n) is 10.8. The molecule has 1 aromatic rings. The van der Waals surface area contributed by atoms with Gasteiger partial charge in [0.05, 0.1) is 12.2 Å². The Kier molecular flexibility index (Phi) is 8.07. The molecule has 0 aliphatic heterocycles. The zero-order valence-corrected chi connectivity index (χ0v) is 24.7. The van der Waals surface area contributed by atoms with Crippen LogP contribution < -0.4 is 5.32 Å². The van der Waals surface area contributed by atoms with Crippen LogP contribution in [0.15, 0.2) is 53.2 Å². The van der Waals surface area contributed by atoms with E-state index in [0.29, 0.717) is 23.5 Å². The zero-order valence-electron chi connectivity index (χ0n) is 24.7. The summed E-state index contributed by atoms with van der Waals surface area (Å²) in [6.07, 6.45) is 12.9. The lowest BCUT2D eigenvalue weighted by Gasteiger charge is -2.58. The molecule has 1 amide bonds. The topological polar surface area (TPSA) is 117 Å². The van der Waals surface area contributed by atoms with Crippen molar-refractivity contribution in [3.05, 3.63) is 53.6 Å². The van der Waals surface area contributed by atoms with Crippen LogP contribution >= 0.6 is 0 Å². The van der Waals surface area contributed by atoms with Gasteiger partial charge >= 0.3 is 5.97 Å². The van der Waals surface area contributed by atoms with Crippen LogP contribution in [0, 0.1) is 28.6 Å². The molecular formula is C33H44N2O6. The Hall–Kier alpha value is -3.13. The maximum absolute atomic E-state index is 12.6. The van der Waals surface area contributed by atoms with E-state index < -0.39 is 23.5 Å². The van der Waals surface area contributed by atoms with Gasteiger partial charge in [-0.2, -0.15) is 0 Å². The van der Waals surface area contributed by atoms with Crippen LogP contribution in [-0.2, 0) is 25.6 Å². The molecule has 5 rings (SSSR count). The summed E-state index contributed by atoms with van der Waals surface area (Å²) in [4.78, 5) is 30.5. The highest BCUT2D eigenvalue weighted by Gasteiger charge is 2.62. The van der Waals surface area contributed by atoms with Gasteiger partial charge in [-0.25, -0.2) is 4.79 Å². The molecule has 8 heteroatoms. The van der Waals surface area contributed by atoms with Crippen LogP contribution in [0.2, 0.25) is 0 Å². The molecular weight excluding hydrogens is 520 g/mol. The maximum Gasteiger partial charge on any atom is 0.328 e. The largest absolute Gasteiger partial charge is 0.508 e. The first-order chi connectivity index (χ1) is 19.5. The number of ether oxygens (including phenoxy) is 1. The number of rotatable bonds is 8. The van der Waals surface area contributed by atoms with Gasteiger partial charge in [-0.3, -0.25) is 4.79 Å². The Morgan fingerprint density at radius 1 is 1.10 bits per heavy atom. The molecule has 0 spiro atoms. The maximum atomic E-state index is 12.6. The van der Waals surface area contributed by atoms with E-state index in [2.05, 4.69) is 36.5 Å². The summed E-state index contributed by atoms with van der Waals surface area (Å²) in [5.74, 6) is 0.852. The number of oxime groups is 1. The van der Waals surface area contributed by atoms with Crippen LogP contribution in [0.4, 0.5) is 0 Å². The first-order valence-electron chi connectivity index (χ1n) is 15.0. The quantitative estimate of drug-likeness (QED) is 0.307. The average molecular weight is 565 g/mol. The number of fused-ring (bicyclic) bond motifs is 5. The summed E-state index contributed by atoms with van der Waals surface area (Å²) in [5, 5.41) is 27.6. The van der Waals surface area contributed by atoms with E-state index in [4.69, 9.17) is 9.57 Å². The highest BCUT2D eigenvalue weighted by Crippen LogP contribution is 2.66. The summed E-state index contributed by atoms with van der Waals surface area (Å²) < 4.78 is 5.14. The van der Waals surface area contributed by atoms with Crippen LogP contribution in [0.25, 0.3) is 0 Å². The zero-order chi connectivity index (χ0) is 29.4. The number of carbonyl (C=O) groups excluding carboxylic acids is 2. The lowest BCUT2D eigenvalue weighted by molar-refractivity contribution is -0.147. The first-order valence-corrected chi connectivity index (χ1v) is 15.0. The molecule has 0 bridgehead atoms. The second-order valence-electron chi connectivity index (χ2n) is 13.0. The SMILES string of the molecule is CCOC(=O)[C@@H](Cc1ccc(O)cc1)NC(=O)CO/N=C1/C=C[C@@]2(C)C(=C1)CC[C@@H]1[C@@H]2CC[C@@]2(C)[C@H]1CC[C@]2(C)O. The van der Waals surface area contributed by atoms with Gasteiger partial charge in [-0.15, -0.1) is 0 Å². The molecule has 0 saturated heterocycles. The van der Waals surface area contributed by atoms with Gasteiger partial charge in [-0.1, -0.05) is 42.8 Å². The normalized spacial score (nSPS) is 35.5. The smallest absolute Gasteiger partial charge is 0.328 e. The Bertz CT molecular complexity index is 1250. The number of nitrogens with zero attached hydrogens (tertiary/aromatic N) is 1. The molecule has 0 heterocycles. The average Bonchev–Trinajstić information content (AvgIpc) is 3.18. The van der Waals surface area contributed by atoms with Gasteiger partial charge in [-0.05, 0) is 105 Å². The lowest BCUT2D eigenvalue weighted by Crippen LogP contribution is -2.53. The Morgan fingerprint density at radius 2 is 1.83 bits per heavy atom. The number of phenols is 1. The number of aromatic hydroxyl groups is 1. The Balaban J connectivity index is 1.19. The molecule has 3 saturated carbocycles. The van der Waals surface area contributed by atoms with Crippen molar-refractivity contribution in [1.29, 1.82) is 0 Å². The highest BCUT2D eigenvalue weighted by atomic mass is 16.6. The van der Waals surface area contributed by atoms with Gasteiger partial charge in [0.25, 0.3) is 5.91 Å². The van der Waals surface area contributed by atoms with Crippen LogP contribution in [0.3, 0.4) is 0 Å². The summed E-state index contributed by atoms with van der Waals surface area (Å²) in [6.45, 7) is 8.29. The van der Waals surface area contributed by atoms with E-state index in [1.165, 1.54) is 17.7 Å². The van der Waals surface area contributed by atoms with Crippen molar-refractivity contribution in [1.82, 2.24) is 5.32 Å². The van der Waals surface area contributed by atoms with Crippen LogP contribution in [0.1, 0.15) is 71.8 Å². The summed E-state index contributed by atoms with van der Waals surface area (Å²) in [5.41, 5.74) is 2.21. The van der Waals surface area contributed by atoms with E-state index in [-0.39, 0.29) is 36.2 Å². The minimum absolute atomic E-state index is 0.00149. The van der Waals surface area contributed by atoms with Gasteiger partial charge in [0.2, 0.25) is 0 Å². The highest BCUT2D eigenvalue weighted by molar-refractivity contribution is 6.05. The third kappa shape index (κ3) is 5.55. The molecule has 7 atom stereocenters. The summed E-state index contributed by atoms with van der Waals surface area (Å²) in [6, 6.07) is 5.59. The number of amides is 1. The predicted octanol–water partition coefficient (Wildman–Crippen LogP) is 4.85. The van der Waals surface area contributed by atoms with Crippen molar-refractivity contribution in [2.24, 2.45) is 33.7 Å². The molecule has 3 N–H and O–H groups in total. The van der Waals surface area contributed by atoms with Crippen LogP contribution in [-0.4, -0.2) is 52.7 Å². The number of aliphatic hydroxyl groups is 1. The molecule has 1 aromatic carbocycles. The molecule has 222 valence electrons.